The van der Waals surface area contributed by atoms with Crippen molar-refractivity contribution in [3.63, 3.8) is 0 Å². The summed E-state index contributed by atoms with van der Waals surface area (Å²) in [6.45, 7) is 4.16. The van der Waals surface area contributed by atoms with Crippen LogP contribution in [0.15, 0.2) is 47.1 Å². The quantitative estimate of drug-likeness (QED) is 0.803. The third kappa shape index (κ3) is 2.90. The molecule has 0 bridgehead atoms. The first-order chi connectivity index (χ1) is 10.6. The topological polar surface area (TPSA) is 73.0 Å². The van der Waals surface area contributed by atoms with Crippen molar-refractivity contribution in [2.24, 2.45) is 0 Å². The van der Waals surface area contributed by atoms with Gasteiger partial charge in [0.2, 0.25) is 5.95 Å². The molecule has 0 aliphatic carbocycles. The zero-order chi connectivity index (χ0) is 15.5. The molecule has 0 fully saturated rings. The smallest absolute Gasteiger partial charge is 0.261 e. The van der Waals surface area contributed by atoms with Crippen molar-refractivity contribution in [1.82, 2.24) is 14.8 Å². The molecule has 1 amide bonds. The number of hydrogen-bond acceptors (Lipinski definition) is 4. The number of nitrogens with zero attached hydrogens (tertiary/aromatic N) is 3. The third-order valence-electron chi connectivity index (χ3n) is 3.32. The average Bonchev–Trinajstić information content (AvgIpc) is 3.06. The van der Waals surface area contributed by atoms with Crippen LogP contribution in [0.25, 0.3) is 0 Å². The van der Waals surface area contributed by atoms with Gasteiger partial charge in [0.15, 0.2) is 0 Å². The fraction of sp³-hybridized carbons (Fsp3) is 0.188. The minimum Gasteiger partial charge on any atom is -0.466 e. The summed E-state index contributed by atoms with van der Waals surface area (Å²) in [5.41, 5.74) is 1.61. The molecule has 1 aromatic carbocycles. The maximum absolute atomic E-state index is 12.3. The Hall–Kier alpha value is -2.89. The molecule has 1 N–H and O–H groups in total. The lowest BCUT2D eigenvalue weighted by Gasteiger charge is -2.07. The second-order valence-electron chi connectivity index (χ2n) is 5.05. The Kier molecular flexibility index (Phi) is 3.74. The first-order valence-corrected chi connectivity index (χ1v) is 6.93. The number of anilines is 1. The van der Waals surface area contributed by atoms with Crippen LogP contribution < -0.4 is 5.32 Å². The summed E-state index contributed by atoms with van der Waals surface area (Å²) in [7, 11) is 0. The fourth-order valence-corrected chi connectivity index (χ4v) is 2.27. The van der Waals surface area contributed by atoms with Gasteiger partial charge in [0.25, 0.3) is 5.91 Å². The Labute approximate surface area is 127 Å². The molecule has 3 rings (SSSR count). The summed E-state index contributed by atoms with van der Waals surface area (Å²) in [4.78, 5) is 12.3. The number of aryl methyl sites for hydroxylation is 2. The summed E-state index contributed by atoms with van der Waals surface area (Å²) in [5.74, 6) is 1.45. The second kappa shape index (κ2) is 5.85. The van der Waals surface area contributed by atoms with Gasteiger partial charge in [0.05, 0.1) is 12.1 Å². The van der Waals surface area contributed by atoms with Gasteiger partial charge >= 0.3 is 0 Å². The molecule has 0 unspecified atom stereocenters. The van der Waals surface area contributed by atoms with Crippen LogP contribution in [-0.2, 0) is 6.54 Å². The molecule has 0 spiro atoms. The highest BCUT2D eigenvalue weighted by molar-refractivity contribution is 6.04. The van der Waals surface area contributed by atoms with Crippen molar-refractivity contribution >= 4 is 11.9 Å². The van der Waals surface area contributed by atoms with E-state index in [2.05, 4.69) is 15.5 Å². The van der Waals surface area contributed by atoms with Gasteiger partial charge in [0, 0.05) is 0 Å². The molecule has 6 nitrogen and oxygen atoms in total. The Bertz CT molecular complexity index is 790. The van der Waals surface area contributed by atoms with E-state index in [4.69, 9.17) is 4.42 Å². The molecule has 2 aromatic heterocycles. The minimum absolute atomic E-state index is 0.253. The van der Waals surface area contributed by atoms with E-state index in [0.717, 1.165) is 5.56 Å². The van der Waals surface area contributed by atoms with Gasteiger partial charge in [-0.15, -0.1) is 10.2 Å². The van der Waals surface area contributed by atoms with Crippen LogP contribution in [0, 0.1) is 13.8 Å². The predicted molar refractivity (Wildman–Crippen MR) is 81.7 cm³/mol. The normalized spacial score (nSPS) is 10.6. The van der Waals surface area contributed by atoms with E-state index in [0.29, 0.717) is 29.6 Å². The van der Waals surface area contributed by atoms with Crippen LogP contribution in [0.5, 0.6) is 0 Å². The van der Waals surface area contributed by atoms with E-state index in [-0.39, 0.29) is 5.91 Å². The van der Waals surface area contributed by atoms with Crippen molar-refractivity contribution < 1.29 is 9.21 Å². The lowest BCUT2D eigenvalue weighted by molar-refractivity contribution is 0.102. The van der Waals surface area contributed by atoms with E-state index in [1.807, 2.05) is 37.3 Å². The van der Waals surface area contributed by atoms with Crippen LogP contribution in [0.2, 0.25) is 0 Å². The summed E-state index contributed by atoms with van der Waals surface area (Å²) < 4.78 is 7.16. The molecule has 0 atom stereocenters. The van der Waals surface area contributed by atoms with Crippen LogP contribution in [0.4, 0.5) is 5.95 Å². The van der Waals surface area contributed by atoms with Gasteiger partial charge in [-0.25, -0.2) is 0 Å². The van der Waals surface area contributed by atoms with Crippen molar-refractivity contribution in [3.8, 4) is 0 Å². The van der Waals surface area contributed by atoms with E-state index >= 15 is 0 Å². The molecule has 112 valence electrons. The van der Waals surface area contributed by atoms with Crippen molar-refractivity contribution in [2.45, 2.75) is 20.4 Å². The Balaban J connectivity index is 1.78. The number of carbonyl (C=O) groups excluding carboxylic acids is 1. The van der Waals surface area contributed by atoms with Crippen molar-refractivity contribution in [1.29, 1.82) is 0 Å². The number of carbonyl (C=O) groups is 1. The van der Waals surface area contributed by atoms with Gasteiger partial charge in [-0.1, -0.05) is 30.3 Å². The summed E-state index contributed by atoms with van der Waals surface area (Å²) in [5, 5.41) is 10.6. The first kappa shape index (κ1) is 14.1. The number of furan rings is 1. The highest BCUT2D eigenvalue weighted by Gasteiger charge is 2.16. The largest absolute Gasteiger partial charge is 0.466 e. The monoisotopic (exact) mass is 296 g/mol. The molecule has 0 saturated heterocycles. The van der Waals surface area contributed by atoms with Crippen molar-refractivity contribution in [3.05, 3.63) is 65.4 Å². The number of amides is 1. The van der Waals surface area contributed by atoms with Crippen molar-refractivity contribution in [2.75, 3.05) is 5.32 Å². The zero-order valence-corrected chi connectivity index (χ0v) is 12.4. The molecular weight excluding hydrogens is 280 g/mol. The van der Waals surface area contributed by atoms with E-state index in [9.17, 15) is 4.79 Å². The van der Waals surface area contributed by atoms with Gasteiger partial charge in [-0.05, 0) is 25.5 Å². The Morgan fingerprint density at radius 1 is 1.27 bits per heavy atom. The minimum atomic E-state index is -0.253. The predicted octanol–water partition coefficient (Wildman–Crippen LogP) is 2.79. The number of nitrogens with one attached hydrogen (secondary N) is 1. The molecule has 0 radical (unpaired) electrons. The lowest BCUT2D eigenvalue weighted by atomic mass is 10.2. The average molecular weight is 296 g/mol. The summed E-state index contributed by atoms with van der Waals surface area (Å²) in [6, 6.07) is 11.6. The lowest BCUT2D eigenvalue weighted by Crippen LogP contribution is -2.16. The fourth-order valence-electron chi connectivity index (χ4n) is 2.27. The molecule has 0 saturated carbocycles. The van der Waals surface area contributed by atoms with Gasteiger partial charge < -0.3 is 4.42 Å². The van der Waals surface area contributed by atoms with E-state index in [1.165, 1.54) is 0 Å². The number of aromatic nitrogens is 3. The molecule has 6 heteroatoms. The summed E-state index contributed by atoms with van der Waals surface area (Å²) in [6.07, 6.45) is 1.59. The Morgan fingerprint density at radius 2 is 2.05 bits per heavy atom. The number of rotatable bonds is 4. The van der Waals surface area contributed by atoms with Gasteiger partial charge in [-0.2, -0.15) is 0 Å². The molecule has 22 heavy (non-hydrogen) atoms. The highest BCUT2D eigenvalue weighted by Crippen LogP contribution is 2.16. The summed E-state index contributed by atoms with van der Waals surface area (Å²) >= 11 is 0. The molecule has 3 aromatic rings. The van der Waals surface area contributed by atoms with E-state index < -0.39 is 0 Å². The first-order valence-electron chi connectivity index (χ1n) is 6.93. The van der Waals surface area contributed by atoms with Crippen LogP contribution in [-0.4, -0.2) is 20.7 Å². The standard InChI is InChI=1S/C16H16N4O2/c1-11-8-14(12(2)22-11)15(21)18-16-19-17-10-20(16)9-13-6-4-3-5-7-13/h3-8,10H,9H2,1-2H3,(H,18,19,21). The van der Waals surface area contributed by atoms with E-state index in [1.54, 1.807) is 23.9 Å². The molecule has 0 aliphatic heterocycles. The SMILES string of the molecule is Cc1cc(C(=O)Nc2nncn2Cc2ccccc2)c(C)o1. The highest BCUT2D eigenvalue weighted by atomic mass is 16.3. The van der Waals surface area contributed by atoms with Gasteiger partial charge in [-0.3, -0.25) is 14.7 Å². The second-order valence-corrected chi connectivity index (χ2v) is 5.05. The van der Waals surface area contributed by atoms with Crippen LogP contribution in [0.1, 0.15) is 27.4 Å². The zero-order valence-electron chi connectivity index (χ0n) is 12.4. The van der Waals surface area contributed by atoms with Crippen LogP contribution in [0.3, 0.4) is 0 Å². The molecular formula is C16H16N4O2. The number of benzene rings is 1. The van der Waals surface area contributed by atoms with Gasteiger partial charge in [0.1, 0.15) is 17.8 Å². The molecule has 0 aliphatic rings. The molecule has 2 heterocycles. The Morgan fingerprint density at radius 3 is 2.73 bits per heavy atom. The number of hydrogen-bond donors (Lipinski definition) is 1. The third-order valence-corrected chi connectivity index (χ3v) is 3.32. The maximum Gasteiger partial charge on any atom is 0.261 e. The van der Waals surface area contributed by atoms with Crippen LogP contribution >= 0.6 is 0 Å². The maximum atomic E-state index is 12.3.